The van der Waals surface area contributed by atoms with E-state index in [1.54, 1.807) is 5.56 Å². The van der Waals surface area contributed by atoms with E-state index in [-0.39, 0.29) is 0 Å². The van der Waals surface area contributed by atoms with Crippen molar-refractivity contribution in [2.45, 2.75) is 110 Å². The van der Waals surface area contributed by atoms with Gasteiger partial charge >= 0.3 is 0 Å². The van der Waals surface area contributed by atoms with E-state index in [1.807, 2.05) is 0 Å². The second kappa shape index (κ2) is 15.1. The molecular formula is C34H49NO. The summed E-state index contributed by atoms with van der Waals surface area (Å²) in [4.78, 5) is 7.50. The van der Waals surface area contributed by atoms with E-state index in [1.165, 1.54) is 107 Å². The van der Waals surface area contributed by atoms with Gasteiger partial charge in [0.2, 0.25) is 0 Å². The van der Waals surface area contributed by atoms with Crippen LogP contribution in [0, 0.1) is 28.3 Å². The Kier molecular flexibility index (Phi) is 11.9. The molecule has 2 aliphatic rings. The maximum atomic E-state index is 7.50. The molecule has 2 nitrogen and oxygen atoms in total. The monoisotopic (exact) mass is 487 g/mol. The summed E-state index contributed by atoms with van der Waals surface area (Å²) in [6, 6.07) is 18.3. The van der Waals surface area contributed by atoms with E-state index in [0.717, 1.165) is 29.2 Å². The Morgan fingerprint density at radius 1 is 0.694 bits per heavy atom. The SMILES string of the molecule is C=C(C)c1ccc(-c2ccc(C3CCC(CCC4CCC(CCCCC)CC4)CC3)cc2)cc1.N=O. The Hall–Kier alpha value is -2.22. The lowest BCUT2D eigenvalue weighted by Gasteiger charge is -2.32. The summed E-state index contributed by atoms with van der Waals surface area (Å²) in [6.07, 6.45) is 20.6. The van der Waals surface area contributed by atoms with Gasteiger partial charge in [-0.05, 0) is 78.5 Å². The lowest BCUT2D eigenvalue weighted by molar-refractivity contribution is 0.222. The van der Waals surface area contributed by atoms with Crippen LogP contribution in [0.3, 0.4) is 0 Å². The Bertz CT molecular complexity index is 884. The van der Waals surface area contributed by atoms with Gasteiger partial charge in [0.25, 0.3) is 0 Å². The maximum Gasteiger partial charge on any atom is -0.0162 e. The predicted molar refractivity (Wildman–Crippen MR) is 156 cm³/mol. The molecule has 1 N–H and O–H groups in total. The largest absolute Gasteiger partial charge is 0.154 e. The van der Waals surface area contributed by atoms with Crippen molar-refractivity contribution in [3.05, 3.63) is 71.1 Å². The molecule has 2 aromatic carbocycles. The van der Waals surface area contributed by atoms with Crippen LogP contribution >= 0.6 is 0 Å². The molecule has 2 saturated carbocycles. The third-order valence-electron chi connectivity index (χ3n) is 9.11. The molecule has 0 heterocycles. The molecule has 0 aromatic heterocycles. The summed E-state index contributed by atoms with van der Waals surface area (Å²) >= 11 is 0. The molecule has 2 heteroatoms. The van der Waals surface area contributed by atoms with Gasteiger partial charge in [-0.2, -0.15) is 4.91 Å². The van der Waals surface area contributed by atoms with Crippen LogP contribution in [-0.2, 0) is 0 Å². The zero-order valence-electron chi connectivity index (χ0n) is 22.9. The van der Waals surface area contributed by atoms with Crippen LogP contribution in [0.1, 0.15) is 121 Å². The van der Waals surface area contributed by atoms with Gasteiger partial charge in [-0.3, -0.25) is 0 Å². The molecule has 4 rings (SSSR count). The average Bonchev–Trinajstić information content (AvgIpc) is 2.94. The second-order valence-corrected chi connectivity index (χ2v) is 11.7. The summed E-state index contributed by atoms with van der Waals surface area (Å²) in [5.41, 5.74) is 11.0. The van der Waals surface area contributed by atoms with Crippen molar-refractivity contribution in [2.75, 3.05) is 0 Å². The van der Waals surface area contributed by atoms with E-state index in [0.29, 0.717) is 0 Å². The second-order valence-electron chi connectivity index (χ2n) is 11.7. The predicted octanol–water partition coefficient (Wildman–Crippen LogP) is 11.2. The third-order valence-corrected chi connectivity index (χ3v) is 9.11. The minimum absolute atomic E-state index is 0.773. The number of hydrogen-bond acceptors (Lipinski definition) is 2. The quantitative estimate of drug-likeness (QED) is 0.263. The molecular weight excluding hydrogens is 438 g/mol. The first-order chi connectivity index (χ1) is 17.6. The molecule has 2 aromatic rings. The van der Waals surface area contributed by atoms with Gasteiger partial charge in [0, 0.05) is 0 Å². The van der Waals surface area contributed by atoms with Crippen LogP contribution in [0.4, 0.5) is 0 Å². The lowest BCUT2D eigenvalue weighted by Crippen LogP contribution is -2.17. The molecule has 36 heavy (non-hydrogen) atoms. The number of hydrogen-bond donors (Lipinski definition) is 1. The Morgan fingerprint density at radius 2 is 1.14 bits per heavy atom. The fourth-order valence-corrected chi connectivity index (χ4v) is 6.64. The van der Waals surface area contributed by atoms with Gasteiger partial charge in [0.05, 0.1) is 0 Å². The first-order valence-electron chi connectivity index (χ1n) is 14.7. The summed E-state index contributed by atoms with van der Waals surface area (Å²) < 4.78 is 0. The molecule has 0 radical (unpaired) electrons. The van der Waals surface area contributed by atoms with E-state index in [2.05, 4.69) is 74.6 Å². The lowest BCUT2D eigenvalue weighted by atomic mass is 9.74. The third kappa shape index (κ3) is 8.43. The highest BCUT2D eigenvalue weighted by Crippen LogP contribution is 2.40. The first-order valence-corrected chi connectivity index (χ1v) is 14.7. The summed E-state index contributed by atoms with van der Waals surface area (Å²) in [7, 11) is 0. The average molecular weight is 488 g/mol. The molecule has 0 unspecified atom stereocenters. The number of allylic oxidation sites excluding steroid dienone is 1. The number of nitroso groups, excluding NO2 is 1. The minimum atomic E-state index is 0.773. The Labute approximate surface area is 220 Å². The van der Waals surface area contributed by atoms with Gasteiger partial charge < -0.3 is 0 Å². The smallest absolute Gasteiger partial charge is 0.0162 e. The Balaban J connectivity index is 0.00000176. The molecule has 0 atom stereocenters. The van der Waals surface area contributed by atoms with Crippen molar-refractivity contribution in [3.8, 4) is 11.1 Å². The highest BCUT2D eigenvalue weighted by Gasteiger charge is 2.25. The number of benzene rings is 2. The van der Waals surface area contributed by atoms with Crippen LogP contribution in [0.2, 0.25) is 0 Å². The van der Waals surface area contributed by atoms with Gasteiger partial charge in [-0.1, -0.05) is 137 Å². The molecule has 0 saturated heterocycles. The zero-order valence-corrected chi connectivity index (χ0v) is 22.9. The van der Waals surface area contributed by atoms with Crippen LogP contribution in [0.5, 0.6) is 0 Å². The topological polar surface area (TPSA) is 40.9 Å². The summed E-state index contributed by atoms with van der Waals surface area (Å²) in [6.45, 7) is 8.44. The highest BCUT2D eigenvalue weighted by atomic mass is 16.2. The van der Waals surface area contributed by atoms with Gasteiger partial charge in [-0.25, -0.2) is 0 Å². The molecule has 196 valence electrons. The van der Waals surface area contributed by atoms with Gasteiger partial charge in [0.1, 0.15) is 0 Å². The summed E-state index contributed by atoms with van der Waals surface area (Å²) in [5, 5.41) is 0. The maximum absolute atomic E-state index is 7.50. The number of nitrogens with one attached hydrogen (secondary N) is 1. The van der Waals surface area contributed by atoms with Gasteiger partial charge in [-0.15, -0.1) is 0 Å². The van der Waals surface area contributed by atoms with E-state index >= 15 is 0 Å². The van der Waals surface area contributed by atoms with Gasteiger partial charge in [0.15, 0.2) is 0 Å². The first kappa shape index (κ1) is 28.4. The van der Waals surface area contributed by atoms with Crippen LogP contribution < -0.4 is 0 Å². The van der Waals surface area contributed by atoms with Crippen molar-refractivity contribution >= 4 is 5.57 Å². The molecule has 2 aliphatic carbocycles. The number of rotatable bonds is 10. The molecule has 0 aliphatic heterocycles. The van der Waals surface area contributed by atoms with Crippen molar-refractivity contribution in [2.24, 2.45) is 17.8 Å². The van der Waals surface area contributed by atoms with Crippen molar-refractivity contribution in [3.63, 3.8) is 0 Å². The fourth-order valence-electron chi connectivity index (χ4n) is 6.64. The van der Waals surface area contributed by atoms with Crippen LogP contribution in [-0.4, -0.2) is 0 Å². The highest BCUT2D eigenvalue weighted by molar-refractivity contribution is 5.68. The molecule has 0 bridgehead atoms. The standard InChI is InChI=1S/C34H48.HNO/c1-4-5-6-7-27-8-10-28(11-9-27)12-13-29-14-16-31(17-15-29)33-22-24-34(25-23-33)32-20-18-30(19-21-32)26(2)3;1-2/h18-25,27-29,31H,2,4-17H2,1,3H3;1H. The van der Waals surface area contributed by atoms with E-state index < -0.39 is 0 Å². The van der Waals surface area contributed by atoms with Crippen LogP contribution in [0.15, 0.2) is 55.1 Å². The Morgan fingerprint density at radius 3 is 1.61 bits per heavy atom. The molecule has 0 spiro atoms. The van der Waals surface area contributed by atoms with E-state index in [9.17, 15) is 0 Å². The minimum Gasteiger partial charge on any atom is -0.154 e. The zero-order chi connectivity index (χ0) is 25.8. The summed E-state index contributed by atoms with van der Waals surface area (Å²) in [5.74, 6) is 3.86. The fraction of sp³-hybridized carbons (Fsp3) is 0.588. The van der Waals surface area contributed by atoms with Crippen LogP contribution in [0.25, 0.3) is 16.7 Å². The van der Waals surface area contributed by atoms with Crippen molar-refractivity contribution < 1.29 is 0 Å². The number of unbranched alkanes of at least 4 members (excludes halogenated alkanes) is 2. The molecule has 2 fully saturated rings. The van der Waals surface area contributed by atoms with E-state index in [4.69, 9.17) is 4.91 Å². The molecule has 0 amide bonds. The van der Waals surface area contributed by atoms with Crippen molar-refractivity contribution in [1.29, 1.82) is 5.59 Å². The van der Waals surface area contributed by atoms with Crippen molar-refractivity contribution in [1.82, 2.24) is 0 Å². The normalized spacial score (nSPS) is 23.9.